The van der Waals surface area contributed by atoms with Crippen LogP contribution >= 0.6 is 0 Å². The molecule has 120 valence electrons. The number of rotatable bonds is 15. The molecule has 0 aromatic carbocycles. The summed E-state index contributed by atoms with van der Waals surface area (Å²) in [6.07, 6.45) is 7.58. The highest BCUT2D eigenvalue weighted by Crippen LogP contribution is 2.07. The standard InChI is InChI=1S/C15H31NO4/c1-2-3-4-5-6-7-8-15(17)20-14-13-19-12-11-18-10-9-16/h2-14,16H2,1H3. The van der Waals surface area contributed by atoms with Gasteiger partial charge in [-0.2, -0.15) is 0 Å². The summed E-state index contributed by atoms with van der Waals surface area (Å²) in [5.41, 5.74) is 5.27. The summed E-state index contributed by atoms with van der Waals surface area (Å²) in [4.78, 5) is 11.4. The Balaban J connectivity index is 3.12. The molecular weight excluding hydrogens is 258 g/mol. The zero-order valence-electron chi connectivity index (χ0n) is 12.9. The van der Waals surface area contributed by atoms with E-state index in [0.29, 0.717) is 46.0 Å². The van der Waals surface area contributed by atoms with Crippen molar-refractivity contribution < 1.29 is 19.0 Å². The third-order valence-electron chi connectivity index (χ3n) is 2.86. The first-order chi connectivity index (χ1) is 9.81. The van der Waals surface area contributed by atoms with E-state index in [1.54, 1.807) is 0 Å². The first kappa shape index (κ1) is 19.4. The molecule has 0 saturated carbocycles. The van der Waals surface area contributed by atoms with Gasteiger partial charge in [0.25, 0.3) is 0 Å². The van der Waals surface area contributed by atoms with E-state index in [0.717, 1.165) is 12.8 Å². The highest BCUT2D eigenvalue weighted by atomic mass is 16.6. The number of ether oxygens (including phenoxy) is 3. The van der Waals surface area contributed by atoms with Gasteiger partial charge in [0.1, 0.15) is 6.61 Å². The van der Waals surface area contributed by atoms with Crippen molar-refractivity contribution in [1.29, 1.82) is 0 Å². The second kappa shape index (κ2) is 16.4. The first-order valence-corrected chi connectivity index (χ1v) is 7.82. The molecule has 0 rings (SSSR count). The van der Waals surface area contributed by atoms with E-state index in [2.05, 4.69) is 6.92 Å². The Hall–Kier alpha value is -0.650. The highest BCUT2D eigenvalue weighted by Gasteiger charge is 2.02. The van der Waals surface area contributed by atoms with E-state index < -0.39 is 0 Å². The molecule has 0 aliphatic rings. The second-order valence-corrected chi connectivity index (χ2v) is 4.75. The average Bonchev–Trinajstić information content (AvgIpc) is 2.45. The maximum Gasteiger partial charge on any atom is 0.305 e. The van der Waals surface area contributed by atoms with Crippen molar-refractivity contribution in [3.8, 4) is 0 Å². The molecule has 5 heteroatoms. The topological polar surface area (TPSA) is 70.8 Å². The summed E-state index contributed by atoms with van der Waals surface area (Å²) in [5, 5.41) is 0. The summed E-state index contributed by atoms with van der Waals surface area (Å²) in [5.74, 6) is -0.122. The van der Waals surface area contributed by atoms with Crippen molar-refractivity contribution in [2.45, 2.75) is 51.9 Å². The summed E-state index contributed by atoms with van der Waals surface area (Å²) >= 11 is 0. The number of unbranched alkanes of at least 4 members (excludes halogenated alkanes) is 5. The predicted octanol–water partition coefficient (Wildman–Crippen LogP) is 2.27. The van der Waals surface area contributed by atoms with Crippen molar-refractivity contribution in [1.82, 2.24) is 0 Å². The van der Waals surface area contributed by atoms with Crippen molar-refractivity contribution >= 4 is 5.97 Å². The summed E-state index contributed by atoms with van der Waals surface area (Å²) in [6, 6.07) is 0. The monoisotopic (exact) mass is 289 g/mol. The molecule has 0 aliphatic heterocycles. The van der Waals surface area contributed by atoms with Gasteiger partial charge in [-0.15, -0.1) is 0 Å². The van der Waals surface area contributed by atoms with Crippen LogP contribution in [0.4, 0.5) is 0 Å². The van der Waals surface area contributed by atoms with Crippen LogP contribution in [0.15, 0.2) is 0 Å². The Labute approximate surface area is 123 Å². The van der Waals surface area contributed by atoms with E-state index in [1.807, 2.05) is 0 Å². The van der Waals surface area contributed by atoms with Gasteiger partial charge in [0, 0.05) is 13.0 Å². The van der Waals surface area contributed by atoms with Gasteiger partial charge >= 0.3 is 5.97 Å². The molecule has 0 saturated heterocycles. The molecule has 0 radical (unpaired) electrons. The van der Waals surface area contributed by atoms with E-state index in [1.165, 1.54) is 25.7 Å². The second-order valence-electron chi connectivity index (χ2n) is 4.75. The van der Waals surface area contributed by atoms with Gasteiger partial charge in [-0.05, 0) is 6.42 Å². The molecule has 0 amide bonds. The van der Waals surface area contributed by atoms with Gasteiger partial charge in [0.15, 0.2) is 0 Å². The molecule has 0 aromatic rings. The van der Waals surface area contributed by atoms with Gasteiger partial charge in [0.05, 0.1) is 26.4 Å². The fourth-order valence-corrected chi connectivity index (χ4v) is 1.74. The lowest BCUT2D eigenvalue weighted by Crippen LogP contribution is -2.14. The molecule has 2 N–H and O–H groups in total. The average molecular weight is 289 g/mol. The smallest absolute Gasteiger partial charge is 0.305 e. The number of hydrogen-bond acceptors (Lipinski definition) is 5. The third-order valence-corrected chi connectivity index (χ3v) is 2.86. The Bertz CT molecular complexity index is 212. The van der Waals surface area contributed by atoms with Crippen LogP contribution in [0.25, 0.3) is 0 Å². The fraction of sp³-hybridized carbons (Fsp3) is 0.933. The minimum Gasteiger partial charge on any atom is -0.463 e. The van der Waals surface area contributed by atoms with Crippen LogP contribution in [0.3, 0.4) is 0 Å². The number of hydrogen-bond donors (Lipinski definition) is 1. The van der Waals surface area contributed by atoms with Crippen LogP contribution in [-0.4, -0.2) is 45.5 Å². The van der Waals surface area contributed by atoms with E-state index in [9.17, 15) is 4.79 Å². The largest absolute Gasteiger partial charge is 0.463 e. The minimum absolute atomic E-state index is 0.122. The maximum absolute atomic E-state index is 11.4. The predicted molar refractivity (Wildman–Crippen MR) is 79.6 cm³/mol. The molecule has 0 atom stereocenters. The van der Waals surface area contributed by atoms with Crippen LogP contribution < -0.4 is 5.73 Å². The molecule has 0 unspecified atom stereocenters. The number of carbonyl (C=O) groups is 1. The zero-order chi connectivity index (χ0) is 14.9. The fourth-order valence-electron chi connectivity index (χ4n) is 1.74. The van der Waals surface area contributed by atoms with Crippen molar-refractivity contribution in [2.75, 3.05) is 39.6 Å². The number of carbonyl (C=O) groups excluding carboxylic acids is 1. The van der Waals surface area contributed by atoms with Gasteiger partial charge in [-0.25, -0.2) is 0 Å². The SMILES string of the molecule is CCCCCCCCC(=O)OCCOCCOCCN. The maximum atomic E-state index is 11.4. The molecule has 20 heavy (non-hydrogen) atoms. The van der Waals surface area contributed by atoms with Gasteiger partial charge in [-0.1, -0.05) is 39.0 Å². The third kappa shape index (κ3) is 15.4. The van der Waals surface area contributed by atoms with Gasteiger partial charge < -0.3 is 19.9 Å². The van der Waals surface area contributed by atoms with Crippen molar-refractivity contribution in [3.63, 3.8) is 0 Å². The number of esters is 1. The van der Waals surface area contributed by atoms with Crippen LogP contribution in [0, 0.1) is 0 Å². The quantitative estimate of drug-likeness (QED) is 0.370. The number of nitrogens with two attached hydrogens (primary N) is 1. The zero-order valence-corrected chi connectivity index (χ0v) is 12.9. The molecule has 0 aromatic heterocycles. The van der Waals surface area contributed by atoms with Gasteiger partial charge in [0.2, 0.25) is 0 Å². The van der Waals surface area contributed by atoms with Crippen molar-refractivity contribution in [2.24, 2.45) is 5.73 Å². The molecule has 0 aliphatic carbocycles. The lowest BCUT2D eigenvalue weighted by Gasteiger charge is -2.06. The summed E-state index contributed by atoms with van der Waals surface area (Å²) in [7, 11) is 0. The molecule has 0 heterocycles. The molecule has 0 bridgehead atoms. The van der Waals surface area contributed by atoms with Crippen LogP contribution in [0.1, 0.15) is 51.9 Å². The Morgan fingerprint density at radius 1 is 0.850 bits per heavy atom. The van der Waals surface area contributed by atoms with E-state index in [4.69, 9.17) is 19.9 Å². The molecular formula is C15H31NO4. The lowest BCUT2D eigenvalue weighted by atomic mass is 10.1. The molecule has 5 nitrogen and oxygen atoms in total. The summed E-state index contributed by atoms with van der Waals surface area (Å²) in [6.45, 7) is 5.06. The first-order valence-electron chi connectivity index (χ1n) is 7.82. The van der Waals surface area contributed by atoms with Crippen LogP contribution in [-0.2, 0) is 19.0 Å². The van der Waals surface area contributed by atoms with Crippen LogP contribution in [0.2, 0.25) is 0 Å². The normalized spacial score (nSPS) is 10.7. The lowest BCUT2D eigenvalue weighted by molar-refractivity contribution is -0.145. The van der Waals surface area contributed by atoms with Gasteiger partial charge in [-0.3, -0.25) is 4.79 Å². The Kier molecular flexibility index (Phi) is 15.9. The Morgan fingerprint density at radius 2 is 1.45 bits per heavy atom. The minimum atomic E-state index is -0.122. The highest BCUT2D eigenvalue weighted by molar-refractivity contribution is 5.69. The summed E-state index contributed by atoms with van der Waals surface area (Å²) < 4.78 is 15.5. The van der Waals surface area contributed by atoms with E-state index >= 15 is 0 Å². The Morgan fingerprint density at radius 3 is 2.15 bits per heavy atom. The van der Waals surface area contributed by atoms with Crippen molar-refractivity contribution in [3.05, 3.63) is 0 Å². The molecule has 0 spiro atoms. The van der Waals surface area contributed by atoms with Crippen LogP contribution in [0.5, 0.6) is 0 Å². The molecule has 0 fully saturated rings. The van der Waals surface area contributed by atoms with E-state index in [-0.39, 0.29) is 5.97 Å².